The van der Waals surface area contributed by atoms with E-state index >= 15 is 0 Å². The van der Waals surface area contributed by atoms with E-state index in [2.05, 4.69) is 9.05 Å². The highest BCUT2D eigenvalue weighted by Crippen LogP contribution is 2.45. The van der Waals surface area contributed by atoms with E-state index in [-0.39, 0.29) is 6.16 Å². The Morgan fingerprint density at radius 3 is 2.44 bits per heavy atom. The Morgan fingerprint density at radius 1 is 1.78 bits per heavy atom. The van der Waals surface area contributed by atoms with Gasteiger partial charge in [0, 0.05) is 7.11 Å². The van der Waals surface area contributed by atoms with Gasteiger partial charge in [-0.2, -0.15) is 0 Å². The zero-order valence-corrected chi connectivity index (χ0v) is 6.22. The molecule has 0 saturated heterocycles. The lowest BCUT2D eigenvalue weighted by Gasteiger charge is -2.07. The van der Waals surface area contributed by atoms with Gasteiger partial charge in [0.15, 0.2) is 0 Å². The molecule has 0 bridgehead atoms. The van der Waals surface area contributed by atoms with Crippen LogP contribution in [-0.4, -0.2) is 13.3 Å². The van der Waals surface area contributed by atoms with Gasteiger partial charge >= 0.3 is 7.60 Å². The number of hydrogen-bond donors (Lipinski definition) is 0. The third-order valence-electron chi connectivity index (χ3n) is 0.845. The second-order valence-corrected chi connectivity index (χ2v) is 3.69. The number of rotatable bonds is 3. The molecule has 1 atom stereocenters. The van der Waals surface area contributed by atoms with Gasteiger partial charge in [0.2, 0.25) is 0 Å². The minimum atomic E-state index is -3.04. The Morgan fingerprint density at radius 2 is 2.33 bits per heavy atom. The van der Waals surface area contributed by atoms with Crippen LogP contribution < -0.4 is 0 Å². The molecule has 0 amide bonds. The summed E-state index contributed by atoms with van der Waals surface area (Å²) in [7, 11) is -1.79. The summed E-state index contributed by atoms with van der Waals surface area (Å²) in [5, 5.41) is 7.94. The van der Waals surface area contributed by atoms with E-state index in [9.17, 15) is 4.57 Å². The summed E-state index contributed by atoms with van der Waals surface area (Å²) >= 11 is 0. The van der Waals surface area contributed by atoms with Gasteiger partial charge in [0.25, 0.3) is 6.26 Å². The molecule has 0 fully saturated rings. The summed E-state index contributed by atoms with van der Waals surface area (Å²) < 4.78 is 19.5. The van der Waals surface area contributed by atoms with E-state index in [0.29, 0.717) is 0 Å². The van der Waals surface area contributed by atoms with Gasteiger partial charge in [-0.25, -0.2) is 4.57 Å². The van der Waals surface area contributed by atoms with Crippen molar-refractivity contribution in [2.75, 3.05) is 13.3 Å². The van der Waals surface area contributed by atoms with Crippen molar-refractivity contribution in [3.8, 4) is 6.26 Å². The zero-order valence-electron chi connectivity index (χ0n) is 5.33. The van der Waals surface area contributed by atoms with Crippen molar-refractivity contribution >= 4 is 7.60 Å². The molecule has 1 unspecified atom stereocenters. The average molecular weight is 149 g/mol. The Balaban J connectivity index is 3.98. The molecular weight excluding hydrogens is 141 g/mol. The van der Waals surface area contributed by atoms with E-state index in [1.807, 2.05) is 0 Å². The minimum absolute atomic E-state index is 0.219. The SMILES string of the molecule is CCP(=O)(OC)OC#N. The van der Waals surface area contributed by atoms with Crippen LogP contribution in [0.3, 0.4) is 0 Å². The summed E-state index contributed by atoms with van der Waals surface area (Å²) in [6.45, 7) is 1.63. The molecule has 0 saturated carbocycles. The second kappa shape index (κ2) is 3.49. The predicted molar refractivity (Wildman–Crippen MR) is 31.9 cm³/mol. The van der Waals surface area contributed by atoms with Gasteiger partial charge in [-0.05, 0) is 0 Å². The first-order chi connectivity index (χ1) is 4.18. The maximum atomic E-state index is 10.9. The molecule has 0 aromatic carbocycles. The second-order valence-electron chi connectivity index (χ2n) is 1.29. The van der Waals surface area contributed by atoms with Crippen molar-refractivity contribution in [2.45, 2.75) is 6.92 Å². The predicted octanol–water partition coefficient (Wildman–Crippen LogP) is 1.34. The lowest BCUT2D eigenvalue weighted by Crippen LogP contribution is -1.89. The Bertz CT molecular complexity index is 154. The summed E-state index contributed by atoms with van der Waals surface area (Å²) in [5.41, 5.74) is 0. The molecule has 52 valence electrons. The lowest BCUT2D eigenvalue weighted by atomic mass is 11.0. The van der Waals surface area contributed by atoms with Crippen LogP contribution in [-0.2, 0) is 13.6 Å². The molecular formula is C4H8NO3P. The monoisotopic (exact) mass is 149 g/mol. The van der Waals surface area contributed by atoms with Crippen molar-refractivity contribution in [3.05, 3.63) is 0 Å². The van der Waals surface area contributed by atoms with Crippen molar-refractivity contribution < 1.29 is 13.6 Å². The Kier molecular flexibility index (Phi) is 3.29. The normalized spacial score (nSPS) is 15.7. The smallest absolute Gasteiger partial charge is 0.349 e. The molecule has 5 heteroatoms. The van der Waals surface area contributed by atoms with Gasteiger partial charge < -0.3 is 9.05 Å². The Hall–Kier alpha value is -0.520. The van der Waals surface area contributed by atoms with Crippen molar-refractivity contribution in [1.82, 2.24) is 0 Å². The molecule has 0 aromatic rings. The maximum absolute atomic E-state index is 10.9. The summed E-state index contributed by atoms with van der Waals surface area (Å²) in [6, 6.07) is 0. The molecule has 0 rings (SSSR count). The molecule has 9 heavy (non-hydrogen) atoms. The molecule has 0 aliphatic carbocycles. The molecule has 0 radical (unpaired) electrons. The molecule has 4 nitrogen and oxygen atoms in total. The fourth-order valence-corrected chi connectivity index (χ4v) is 0.879. The summed E-state index contributed by atoms with van der Waals surface area (Å²) in [6.07, 6.45) is 1.54. The number of nitrogens with zero attached hydrogens (tertiary/aromatic N) is 1. The first-order valence-corrected chi connectivity index (χ1v) is 4.13. The number of hydrogen-bond acceptors (Lipinski definition) is 4. The van der Waals surface area contributed by atoms with Crippen LogP contribution >= 0.6 is 7.60 Å². The van der Waals surface area contributed by atoms with E-state index < -0.39 is 7.60 Å². The maximum Gasteiger partial charge on any atom is 0.388 e. The van der Waals surface area contributed by atoms with E-state index in [4.69, 9.17) is 5.26 Å². The molecule has 0 heterocycles. The highest BCUT2D eigenvalue weighted by Gasteiger charge is 2.19. The highest BCUT2D eigenvalue weighted by molar-refractivity contribution is 7.53. The third-order valence-corrected chi connectivity index (χ3v) is 2.54. The average Bonchev–Trinajstić information content (AvgIpc) is 1.89. The molecule has 0 aliphatic rings. The standard InChI is InChI=1S/C4H8NO3P/c1-3-9(6,7-2)8-4-5/h3H2,1-2H3. The fraction of sp³-hybridized carbons (Fsp3) is 0.750. The highest BCUT2D eigenvalue weighted by atomic mass is 31.2. The first-order valence-electron chi connectivity index (χ1n) is 2.41. The van der Waals surface area contributed by atoms with Crippen LogP contribution in [0.4, 0.5) is 0 Å². The van der Waals surface area contributed by atoms with Crippen LogP contribution in [0, 0.1) is 11.5 Å². The molecule has 0 aliphatic heterocycles. The van der Waals surface area contributed by atoms with Gasteiger partial charge in [-0.3, -0.25) is 0 Å². The molecule has 0 spiro atoms. The van der Waals surface area contributed by atoms with E-state index in [0.717, 1.165) is 0 Å². The van der Waals surface area contributed by atoms with Crippen molar-refractivity contribution in [2.24, 2.45) is 0 Å². The van der Waals surface area contributed by atoms with E-state index in [1.165, 1.54) is 13.4 Å². The van der Waals surface area contributed by atoms with Gasteiger partial charge in [-0.15, -0.1) is 5.26 Å². The largest absolute Gasteiger partial charge is 0.388 e. The topological polar surface area (TPSA) is 59.3 Å². The van der Waals surface area contributed by atoms with Crippen molar-refractivity contribution in [3.63, 3.8) is 0 Å². The lowest BCUT2D eigenvalue weighted by molar-refractivity contribution is 0.308. The van der Waals surface area contributed by atoms with Gasteiger partial charge in [0.1, 0.15) is 0 Å². The van der Waals surface area contributed by atoms with Crippen LogP contribution in [0.25, 0.3) is 0 Å². The molecule has 0 N–H and O–H groups in total. The quantitative estimate of drug-likeness (QED) is 0.448. The van der Waals surface area contributed by atoms with Crippen LogP contribution in [0.5, 0.6) is 0 Å². The zero-order chi connectivity index (χ0) is 7.33. The summed E-state index contributed by atoms with van der Waals surface area (Å²) in [4.78, 5) is 0. The van der Waals surface area contributed by atoms with Crippen LogP contribution in [0.2, 0.25) is 0 Å². The van der Waals surface area contributed by atoms with Gasteiger partial charge in [0.05, 0.1) is 6.16 Å². The minimum Gasteiger partial charge on any atom is -0.349 e. The van der Waals surface area contributed by atoms with Gasteiger partial charge in [-0.1, -0.05) is 6.92 Å². The van der Waals surface area contributed by atoms with Crippen molar-refractivity contribution in [1.29, 1.82) is 5.26 Å². The Labute approximate surface area is 53.9 Å². The van der Waals surface area contributed by atoms with Crippen LogP contribution in [0.15, 0.2) is 0 Å². The first kappa shape index (κ1) is 8.48. The van der Waals surface area contributed by atoms with E-state index in [1.54, 1.807) is 6.92 Å². The summed E-state index contributed by atoms with van der Waals surface area (Å²) in [5.74, 6) is 0. The van der Waals surface area contributed by atoms with Crippen LogP contribution in [0.1, 0.15) is 6.92 Å². The molecule has 0 aromatic heterocycles. The number of nitriles is 1. The fourth-order valence-electron chi connectivity index (χ4n) is 0.293. The third kappa shape index (κ3) is 2.50.